The molecule has 0 bridgehead atoms. The van der Waals surface area contributed by atoms with Crippen molar-refractivity contribution in [3.63, 3.8) is 0 Å². The maximum absolute atomic E-state index is 12.7. The molecule has 0 saturated carbocycles. The maximum Gasteiger partial charge on any atom is 0.508 e. The Hall–Kier alpha value is -2.21. The number of amides is 2. The van der Waals surface area contributed by atoms with Crippen molar-refractivity contribution in [2.24, 2.45) is 5.41 Å². The van der Waals surface area contributed by atoms with Gasteiger partial charge in [0.25, 0.3) is 5.91 Å². The Morgan fingerprint density at radius 3 is 2.46 bits per heavy atom. The van der Waals surface area contributed by atoms with E-state index in [0.29, 0.717) is 0 Å². The number of aliphatic hydroxyl groups is 3. The summed E-state index contributed by atoms with van der Waals surface area (Å²) in [6, 6.07) is -0.968. The highest BCUT2D eigenvalue weighted by Gasteiger charge is 2.37. The van der Waals surface area contributed by atoms with Crippen LogP contribution >= 0.6 is 0 Å². The number of unbranched alkanes of at least 4 members (excludes halogenated alkanes) is 2. The van der Waals surface area contributed by atoms with E-state index in [2.05, 4.69) is 10.6 Å². The second kappa shape index (κ2) is 15.0. The van der Waals surface area contributed by atoms with Crippen LogP contribution in [-0.4, -0.2) is 90.1 Å². The fourth-order valence-electron chi connectivity index (χ4n) is 3.38. The monoisotopic (exact) mass is 502 g/mol. The summed E-state index contributed by atoms with van der Waals surface area (Å²) >= 11 is 0. The average molecular weight is 503 g/mol. The highest BCUT2D eigenvalue weighted by Crippen LogP contribution is 2.17. The van der Waals surface area contributed by atoms with Gasteiger partial charge < -0.3 is 40.2 Å². The molecule has 35 heavy (non-hydrogen) atoms. The zero-order chi connectivity index (χ0) is 26.6. The van der Waals surface area contributed by atoms with Crippen molar-refractivity contribution in [1.29, 1.82) is 0 Å². The van der Waals surface area contributed by atoms with Crippen LogP contribution in [0.4, 0.5) is 4.79 Å². The van der Waals surface area contributed by atoms with E-state index < -0.39 is 54.5 Å². The van der Waals surface area contributed by atoms with Gasteiger partial charge in [-0.25, -0.2) is 4.79 Å². The molecule has 5 N–H and O–H groups in total. The van der Waals surface area contributed by atoms with Crippen LogP contribution in [-0.2, 0) is 23.8 Å². The topological polar surface area (TPSA) is 164 Å². The summed E-state index contributed by atoms with van der Waals surface area (Å²) in [6.07, 6.45) is -1.72. The molecule has 0 aromatic rings. The van der Waals surface area contributed by atoms with Gasteiger partial charge >= 0.3 is 6.16 Å². The lowest BCUT2D eigenvalue weighted by Crippen LogP contribution is -2.55. The molecule has 0 aliphatic carbocycles. The Kier molecular flexibility index (Phi) is 13.2. The van der Waals surface area contributed by atoms with Crippen LogP contribution < -0.4 is 10.6 Å². The largest absolute Gasteiger partial charge is 0.508 e. The first-order valence-corrected chi connectivity index (χ1v) is 12.1. The van der Waals surface area contributed by atoms with Gasteiger partial charge in [0.05, 0.1) is 13.2 Å². The molecule has 1 aliphatic rings. The highest BCUT2D eigenvalue weighted by atomic mass is 16.7. The van der Waals surface area contributed by atoms with Gasteiger partial charge in [0.15, 0.2) is 6.10 Å². The Morgan fingerprint density at radius 1 is 1.17 bits per heavy atom. The van der Waals surface area contributed by atoms with E-state index in [1.54, 1.807) is 6.08 Å². The van der Waals surface area contributed by atoms with Gasteiger partial charge in [0.2, 0.25) is 5.91 Å². The van der Waals surface area contributed by atoms with Crippen molar-refractivity contribution in [2.45, 2.75) is 96.4 Å². The third-order valence-corrected chi connectivity index (χ3v) is 5.46. The molecule has 1 saturated heterocycles. The van der Waals surface area contributed by atoms with Gasteiger partial charge in [-0.3, -0.25) is 9.59 Å². The van der Waals surface area contributed by atoms with Gasteiger partial charge in [-0.15, -0.1) is 0 Å². The number of hydrogen-bond donors (Lipinski definition) is 5. The predicted molar refractivity (Wildman–Crippen MR) is 127 cm³/mol. The number of ether oxygens (including phenoxy) is 3. The molecule has 0 aromatic heterocycles. The number of rotatable bonds is 12. The molecule has 0 spiro atoms. The second-order valence-electron chi connectivity index (χ2n) is 9.78. The van der Waals surface area contributed by atoms with Crippen molar-refractivity contribution in [3.05, 3.63) is 12.2 Å². The van der Waals surface area contributed by atoms with Gasteiger partial charge in [-0.1, -0.05) is 52.7 Å². The van der Waals surface area contributed by atoms with Gasteiger partial charge in [0, 0.05) is 7.11 Å². The molecule has 6 atom stereocenters. The quantitative estimate of drug-likeness (QED) is 0.147. The Labute approximate surface area is 207 Å². The molecule has 202 valence electrons. The smallest absolute Gasteiger partial charge is 0.434 e. The van der Waals surface area contributed by atoms with Crippen LogP contribution in [0, 0.1) is 5.41 Å². The molecule has 11 nitrogen and oxygen atoms in total. The van der Waals surface area contributed by atoms with E-state index in [-0.39, 0.29) is 31.4 Å². The number of nitrogens with one attached hydrogen (secondary N) is 2. The molecule has 0 radical (unpaired) electrons. The lowest BCUT2D eigenvalue weighted by molar-refractivity contribution is -0.150. The first-order valence-electron chi connectivity index (χ1n) is 12.1. The van der Waals surface area contributed by atoms with Gasteiger partial charge in [-0.05, 0) is 24.7 Å². The van der Waals surface area contributed by atoms with E-state index in [9.17, 15) is 29.7 Å². The summed E-state index contributed by atoms with van der Waals surface area (Å²) < 4.78 is 15.3. The summed E-state index contributed by atoms with van der Waals surface area (Å²) in [5.74, 6) is -1.32. The zero-order valence-corrected chi connectivity index (χ0v) is 21.4. The van der Waals surface area contributed by atoms with Crippen molar-refractivity contribution in [2.75, 3.05) is 20.3 Å². The number of aliphatic hydroxyl groups excluding tert-OH is 3. The van der Waals surface area contributed by atoms with E-state index >= 15 is 0 Å². The third kappa shape index (κ3) is 11.4. The Balaban J connectivity index is 2.65. The van der Waals surface area contributed by atoms with Crippen LogP contribution in [0.2, 0.25) is 0 Å². The molecule has 11 heteroatoms. The highest BCUT2D eigenvalue weighted by molar-refractivity contribution is 5.89. The molecular formula is C24H42N2O9. The molecule has 1 aliphatic heterocycles. The van der Waals surface area contributed by atoms with E-state index in [1.807, 2.05) is 27.7 Å². The van der Waals surface area contributed by atoms with E-state index in [1.165, 1.54) is 13.2 Å². The number of carbonyl (C=O) groups is 3. The van der Waals surface area contributed by atoms with Crippen molar-refractivity contribution < 1.29 is 43.9 Å². The number of methoxy groups -OCH3 is 1. The molecule has 1 heterocycles. The average Bonchev–Trinajstić information content (AvgIpc) is 2.96. The third-order valence-electron chi connectivity index (χ3n) is 5.46. The molecule has 0 aromatic carbocycles. The van der Waals surface area contributed by atoms with Crippen molar-refractivity contribution in [1.82, 2.24) is 10.6 Å². The van der Waals surface area contributed by atoms with Crippen LogP contribution in [0.1, 0.15) is 59.8 Å². The van der Waals surface area contributed by atoms with E-state index in [4.69, 9.17) is 14.2 Å². The second-order valence-corrected chi connectivity index (χ2v) is 9.78. The summed E-state index contributed by atoms with van der Waals surface area (Å²) in [7, 11) is 1.17. The predicted octanol–water partition coefficient (Wildman–Crippen LogP) is 0.793. The van der Waals surface area contributed by atoms with Gasteiger partial charge in [-0.2, -0.15) is 0 Å². The fourth-order valence-corrected chi connectivity index (χ4v) is 3.38. The first-order chi connectivity index (χ1) is 16.4. The minimum atomic E-state index is -1.76. The molecule has 2 amide bonds. The Morgan fingerprint density at radius 2 is 1.86 bits per heavy atom. The lowest BCUT2D eigenvalue weighted by atomic mass is 9.94. The zero-order valence-electron chi connectivity index (χ0n) is 21.4. The maximum atomic E-state index is 12.7. The van der Waals surface area contributed by atoms with Crippen molar-refractivity contribution in [3.8, 4) is 0 Å². The summed E-state index contributed by atoms with van der Waals surface area (Å²) in [5, 5.41) is 36.0. The Bertz CT molecular complexity index is 708. The van der Waals surface area contributed by atoms with Crippen LogP contribution in [0.5, 0.6) is 0 Å². The van der Waals surface area contributed by atoms with Crippen LogP contribution in [0.15, 0.2) is 12.2 Å². The summed E-state index contributed by atoms with van der Waals surface area (Å²) in [5.41, 5.74) is -0.260. The molecule has 1 rings (SSSR count). The van der Waals surface area contributed by atoms with Crippen LogP contribution in [0.25, 0.3) is 0 Å². The van der Waals surface area contributed by atoms with Crippen molar-refractivity contribution >= 4 is 18.0 Å². The fraction of sp³-hybridized carbons (Fsp3) is 0.792. The first kappa shape index (κ1) is 30.8. The molecular weight excluding hydrogens is 460 g/mol. The van der Waals surface area contributed by atoms with Crippen LogP contribution in [0.3, 0.4) is 0 Å². The minimum Gasteiger partial charge on any atom is -0.434 e. The minimum absolute atomic E-state index is 0.0661. The number of hydrogen-bond acceptors (Lipinski definition) is 9. The molecule has 6 unspecified atom stereocenters. The number of carbonyl (C=O) groups excluding carboxylic acids is 3. The van der Waals surface area contributed by atoms with E-state index in [0.717, 1.165) is 19.3 Å². The standard InChI is InChI=1S/C24H42N2O9/c1-6-7-8-13-34-23(32)35-15-9-10-16(21(30)25-14-15)26-22(31)20(33-5)19(29)18(28)17(27)11-12-24(2,3)4/h11-12,15-20,27-29H,6-10,13-14H2,1-5H3,(H,25,30)(H,26,31). The van der Waals surface area contributed by atoms with Gasteiger partial charge in [0.1, 0.15) is 30.5 Å². The lowest BCUT2D eigenvalue weighted by Gasteiger charge is -2.28. The number of allylic oxidation sites excluding steroid dienone is 1. The summed E-state index contributed by atoms with van der Waals surface area (Å²) in [6.45, 7) is 8.06. The molecule has 1 fully saturated rings. The summed E-state index contributed by atoms with van der Waals surface area (Å²) in [4.78, 5) is 37.0. The SMILES string of the molecule is CCCCCOC(=O)OC1CCC(NC(=O)C(OC)C(O)C(O)C(O)C=CC(C)(C)C)C(=O)NC1. The normalized spacial score (nSPS) is 22.5.